The van der Waals surface area contributed by atoms with Gasteiger partial charge in [0.15, 0.2) is 5.96 Å². The first-order valence-electron chi connectivity index (χ1n) is 14.5. The van der Waals surface area contributed by atoms with Gasteiger partial charge in [-0.2, -0.15) is 0 Å². The van der Waals surface area contributed by atoms with Crippen LogP contribution in [0.25, 0.3) is 0 Å². The Balaban J connectivity index is 3.11. The lowest BCUT2D eigenvalue weighted by Gasteiger charge is -2.28. The van der Waals surface area contributed by atoms with Crippen LogP contribution >= 0.6 is 0 Å². The molecule has 11 N–H and O–H groups in total. The summed E-state index contributed by atoms with van der Waals surface area (Å²) in [5.74, 6) is -5.14. The largest absolute Gasteiger partial charge is 0.465 e. The highest BCUT2D eigenvalue weighted by atomic mass is 16.4. The number of hydrogen-bond donors (Lipinski definition) is 8. The molecule has 0 saturated carbocycles. The van der Waals surface area contributed by atoms with Gasteiger partial charge >= 0.3 is 6.09 Å². The fourth-order valence-corrected chi connectivity index (χ4v) is 4.30. The SMILES string of the molecule is CCC(C)C(NC(=O)C(CC(C)C)NC(=O)C(Cc1ccccc1)NC(=O)O)C(=O)C(=O)NC(CCCN=C(N)N)C(N)=O. The van der Waals surface area contributed by atoms with Gasteiger partial charge in [0.1, 0.15) is 18.1 Å². The lowest BCUT2D eigenvalue weighted by atomic mass is 9.93. The number of carbonyl (C=O) groups excluding carboxylic acids is 5. The van der Waals surface area contributed by atoms with E-state index in [0.29, 0.717) is 18.4 Å². The Bertz CT molecular complexity index is 1170. The number of aliphatic imine (C=N–C) groups is 1. The molecule has 0 radical (unpaired) electrons. The van der Waals surface area contributed by atoms with Gasteiger partial charge in [0.2, 0.25) is 23.5 Å². The average Bonchev–Trinajstić information content (AvgIpc) is 2.95. The molecular formula is C29H46N8O7. The summed E-state index contributed by atoms with van der Waals surface area (Å²) in [7, 11) is 0. The van der Waals surface area contributed by atoms with Gasteiger partial charge in [0.25, 0.3) is 5.91 Å². The van der Waals surface area contributed by atoms with Crippen molar-refractivity contribution >= 4 is 41.5 Å². The van der Waals surface area contributed by atoms with E-state index in [-0.39, 0.29) is 37.7 Å². The smallest absolute Gasteiger partial charge is 0.405 e. The van der Waals surface area contributed by atoms with Crippen molar-refractivity contribution in [3.05, 3.63) is 35.9 Å². The van der Waals surface area contributed by atoms with Gasteiger partial charge < -0.3 is 43.6 Å². The standard InChI is InChI=1S/C29H46N8O7/c1-5-17(4)22(23(38)27(42)34-19(24(30)39)12-9-13-33-28(31)32)37-26(41)20(14-16(2)3)35-25(40)21(36-29(43)44)15-18-10-7-6-8-11-18/h6-8,10-11,16-17,19-22,36H,5,9,12-15H2,1-4H3,(H2,30,39)(H,34,42)(H,35,40)(H,37,41)(H,43,44)(H4,31,32,33). The van der Waals surface area contributed by atoms with Crippen LogP contribution in [0.3, 0.4) is 0 Å². The summed E-state index contributed by atoms with van der Waals surface area (Å²) in [6.07, 6.45) is -0.437. The zero-order chi connectivity index (χ0) is 33.4. The molecule has 0 spiro atoms. The van der Waals surface area contributed by atoms with Crippen molar-refractivity contribution in [2.75, 3.05) is 6.54 Å². The zero-order valence-corrected chi connectivity index (χ0v) is 25.7. The van der Waals surface area contributed by atoms with Gasteiger partial charge in [-0.3, -0.25) is 29.0 Å². The molecule has 44 heavy (non-hydrogen) atoms. The van der Waals surface area contributed by atoms with Gasteiger partial charge in [0, 0.05) is 13.0 Å². The van der Waals surface area contributed by atoms with Crippen molar-refractivity contribution in [1.82, 2.24) is 21.3 Å². The van der Waals surface area contributed by atoms with E-state index in [2.05, 4.69) is 26.3 Å². The summed E-state index contributed by atoms with van der Waals surface area (Å²) < 4.78 is 0. The Labute approximate surface area is 257 Å². The van der Waals surface area contributed by atoms with Crippen molar-refractivity contribution in [3.63, 3.8) is 0 Å². The number of guanidine groups is 1. The number of benzene rings is 1. The minimum absolute atomic E-state index is 0.0378. The fourth-order valence-electron chi connectivity index (χ4n) is 4.30. The first-order valence-corrected chi connectivity index (χ1v) is 14.5. The van der Waals surface area contributed by atoms with Crippen molar-refractivity contribution < 1.29 is 33.9 Å². The quantitative estimate of drug-likeness (QED) is 0.0430. The van der Waals surface area contributed by atoms with E-state index in [4.69, 9.17) is 17.2 Å². The number of rotatable bonds is 19. The minimum Gasteiger partial charge on any atom is -0.465 e. The third-order valence-electron chi connectivity index (χ3n) is 6.85. The second-order valence-electron chi connectivity index (χ2n) is 11.0. The number of Topliss-reactive ketones (excluding diaryl/α,β-unsaturated/α-hetero) is 1. The van der Waals surface area contributed by atoms with Crippen molar-refractivity contribution in [3.8, 4) is 0 Å². The first kappa shape index (κ1) is 37.3. The number of ketones is 1. The molecule has 0 aliphatic carbocycles. The summed E-state index contributed by atoms with van der Waals surface area (Å²) in [5, 5.41) is 19.0. The highest BCUT2D eigenvalue weighted by Crippen LogP contribution is 2.13. The number of carbonyl (C=O) groups is 6. The van der Waals surface area contributed by atoms with E-state index >= 15 is 0 Å². The summed E-state index contributed by atoms with van der Waals surface area (Å²) >= 11 is 0. The number of nitrogens with one attached hydrogen (secondary N) is 4. The van der Waals surface area contributed by atoms with Crippen LogP contribution in [0.15, 0.2) is 35.3 Å². The Hall–Kier alpha value is -4.69. The Morgan fingerprint density at radius 1 is 0.841 bits per heavy atom. The molecular weight excluding hydrogens is 572 g/mol. The number of hydrogen-bond acceptors (Lipinski definition) is 7. The summed E-state index contributed by atoms with van der Waals surface area (Å²) in [4.78, 5) is 80.0. The maximum Gasteiger partial charge on any atom is 0.405 e. The zero-order valence-electron chi connectivity index (χ0n) is 25.7. The van der Waals surface area contributed by atoms with Gasteiger partial charge in [0.05, 0.1) is 6.04 Å². The lowest BCUT2D eigenvalue weighted by Crippen LogP contribution is -2.59. The molecule has 15 heteroatoms. The molecule has 5 atom stereocenters. The molecule has 1 aromatic rings. The van der Waals surface area contributed by atoms with Gasteiger partial charge in [-0.05, 0) is 36.7 Å². The molecule has 0 saturated heterocycles. The van der Waals surface area contributed by atoms with Crippen LogP contribution in [0.1, 0.15) is 58.9 Å². The summed E-state index contributed by atoms with van der Waals surface area (Å²) in [5.41, 5.74) is 16.7. The molecule has 0 heterocycles. The molecule has 5 unspecified atom stereocenters. The molecule has 0 aliphatic heterocycles. The summed E-state index contributed by atoms with van der Waals surface area (Å²) in [6.45, 7) is 7.26. The van der Waals surface area contributed by atoms with E-state index in [0.717, 1.165) is 0 Å². The maximum atomic E-state index is 13.5. The van der Waals surface area contributed by atoms with Crippen LogP contribution in [0, 0.1) is 11.8 Å². The topological polar surface area (TPSA) is 261 Å². The predicted molar refractivity (Wildman–Crippen MR) is 164 cm³/mol. The van der Waals surface area contributed by atoms with Gasteiger partial charge in [-0.15, -0.1) is 0 Å². The molecule has 1 rings (SSSR count). The Morgan fingerprint density at radius 3 is 1.98 bits per heavy atom. The van der Waals surface area contributed by atoms with E-state index in [9.17, 15) is 33.9 Å². The molecule has 244 valence electrons. The number of nitrogens with zero attached hydrogens (tertiary/aromatic N) is 1. The second-order valence-corrected chi connectivity index (χ2v) is 11.0. The molecule has 0 bridgehead atoms. The van der Waals surface area contributed by atoms with Gasteiger partial charge in [-0.1, -0.05) is 64.4 Å². The Morgan fingerprint density at radius 2 is 1.45 bits per heavy atom. The molecule has 0 fully saturated rings. The lowest BCUT2D eigenvalue weighted by molar-refractivity contribution is -0.142. The molecule has 0 aromatic heterocycles. The van der Waals surface area contributed by atoms with Crippen molar-refractivity contribution in [2.24, 2.45) is 34.0 Å². The first-order chi connectivity index (χ1) is 20.7. The van der Waals surface area contributed by atoms with Crippen LogP contribution in [-0.4, -0.2) is 77.3 Å². The summed E-state index contributed by atoms with van der Waals surface area (Å²) in [6, 6.07) is 3.95. The highest BCUT2D eigenvalue weighted by Gasteiger charge is 2.35. The molecule has 0 aliphatic rings. The minimum atomic E-state index is -1.41. The van der Waals surface area contributed by atoms with Crippen molar-refractivity contribution in [1.29, 1.82) is 0 Å². The van der Waals surface area contributed by atoms with E-state index in [1.54, 1.807) is 44.2 Å². The van der Waals surface area contributed by atoms with E-state index in [1.807, 2.05) is 13.8 Å². The highest BCUT2D eigenvalue weighted by molar-refractivity contribution is 6.38. The number of carboxylic acid groups (broad SMARTS) is 1. The van der Waals surface area contributed by atoms with Crippen LogP contribution in [-0.2, 0) is 30.4 Å². The van der Waals surface area contributed by atoms with Crippen molar-refractivity contribution in [2.45, 2.75) is 84.0 Å². The van der Waals surface area contributed by atoms with Gasteiger partial charge in [-0.25, -0.2) is 4.79 Å². The van der Waals surface area contributed by atoms with Crippen LogP contribution in [0.5, 0.6) is 0 Å². The monoisotopic (exact) mass is 618 g/mol. The van der Waals surface area contributed by atoms with Crippen LogP contribution < -0.4 is 38.5 Å². The number of amides is 5. The van der Waals surface area contributed by atoms with Crippen LogP contribution in [0.2, 0.25) is 0 Å². The molecule has 15 nitrogen and oxygen atoms in total. The third kappa shape index (κ3) is 13.5. The Kier molecular flexibility index (Phi) is 15.9. The normalized spacial score (nSPS) is 14.2. The van der Waals surface area contributed by atoms with E-state index in [1.165, 1.54) is 0 Å². The van der Waals surface area contributed by atoms with Crippen LogP contribution in [0.4, 0.5) is 4.79 Å². The third-order valence-corrected chi connectivity index (χ3v) is 6.85. The number of primary amides is 1. The number of nitrogens with two attached hydrogens (primary N) is 3. The molecule has 1 aromatic carbocycles. The second kappa shape index (κ2) is 18.8. The molecule has 5 amide bonds. The average molecular weight is 619 g/mol. The fraction of sp³-hybridized carbons (Fsp3) is 0.552. The van der Waals surface area contributed by atoms with E-state index < -0.39 is 65.6 Å². The predicted octanol–water partition coefficient (Wildman–Crippen LogP) is -0.480. The maximum absolute atomic E-state index is 13.5.